The summed E-state index contributed by atoms with van der Waals surface area (Å²) >= 11 is 0. The molecule has 0 bridgehead atoms. The van der Waals surface area contributed by atoms with Gasteiger partial charge >= 0.3 is 0 Å². The Morgan fingerprint density at radius 2 is 1.70 bits per heavy atom. The number of amides is 1. The first-order valence-electron chi connectivity index (χ1n) is 8.58. The lowest BCUT2D eigenvalue weighted by molar-refractivity contribution is -0.121. The van der Waals surface area contributed by atoms with E-state index < -0.39 is 0 Å². The van der Waals surface area contributed by atoms with Gasteiger partial charge in [0, 0.05) is 33.1 Å². The first kappa shape index (κ1) is 22.9. The second kappa shape index (κ2) is 12.3. The topological polar surface area (TPSA) is 65.5 Å². The average Bonchev–Trinajstić information content (AvgIpc) is 2.66. The molecule has 0 aromatic heterocycles. The molecule has 0 saturated heterocycles. The maximum absolute atomic E-state index is 13.6. The summed E-state index contributed by atoms with van der Waals surface area (Å²) in [6.07, 6.45) is 0.340. The van der Waals surface area contributed by atoms with Crippen LogP contribution in [0.25, 0.3) is 0 Å². The molecular weight excluding hydrogens is 458 g/mol. The van der Waals surface area contributed by atoms with Crippen LogP contribution in [0.5, 0.6) is 0 Å². The number of nitrogens with zero attached hydrogens (tertiary/aromatic N) is 1. The molecule has 0 aliphatic carbocycles. The van der Waals surface area contributed by atoms with Crippen molar-refractivity contribution < 1.29 is 9.18 Å². The van der Waals surface area contributed by atoms with Crippen LogP contribution in [0.2, 0.25) is 0 Å². The largest absolute Gasteiger partial charge is 0.356 e. The normalized spacial score (nSPS) is 10.7. The summed E-state index contributed by atoms with van der Waals surface area (Å²) in [4.78, 5) is 16.0. The average molecular weight is 484 g/mol. The van der Waals surface area contributed by atoms with Crippen molar-refractivity contribution in [1.29, 1.82) is 0 Å². The number of aryl methyl sites for hydroxylation is 1. The molecule has 0 spiro atoms. The van der Waals surface area contributed by atoms with E-state index in [2.05, 4.69) is 20.9 Å². The lowest BCUT2D eigenvalue weighted by Gasteiger charge is -2.12. The zero-order chi connectivity index (χ0) is 18.8. The number of nitrogens with one attached hydrogen (secondary N) is 3. The number of hydrogen-bond donors (Lipinski definition) is 3. The van der Waals surface area contributed by atoms with Crippen LogP contribution in [0.1, 0.15) is 23.1 Å². The molecule has 0 fully saturated rings. The second-order valence-electron chi connectivity index (χ2n) is 5.95. The minimum absolute atomic E-state index is 0. The van der Waals surface area contributed by atoms with Gasteiger partial charge in [-0.1, -0.05) is 42.5 Å². The molecule has 0 heterocycles. The van der Waals surface area contributed by atoms with Gasteiger partial charge in [0.2, 0.25) is 5.91 Å². The molecule has 5 nitrogen and oxygen atoms in total. The number of guanidine groups is 1. The molecule has 0 unspecified atom stereocenters. The van der Waals surface area contributed by atoms with E-state index in [1.807, 2.05) is 36.4 Å². The van der Waals surface area contributed by atoms with E-state index in [1.54, 1.807) is 20.0 Å². The number of carbonyl (C=O) groups is 1. The van der Waals surface area contributed by atoms with Crippen LogP contribution >= 0.6 is 24.0 Å². The van der Waals surface area contributed by atoms with Crippen LogP contribution < -0.4 is 16.0 Å². The van der Waals surface area contributed by atoms with Crippen molar-refractivity contribution >= 4 is 35.8 Å². The predicted octanol–water partition coefficient (Wildman–Crippen LogP) is 3.12. The van der Waals surface area contributed by atoms with Crippen molar-refractivity contribution in [1.82, 2.24) is 16.0 Å². The van der Waals surface area contributed by atoms with Gasteiger partial charge in [-0.2, -0.15) is 0 Å². The molecule has 2 rings (SSSR count). The van der Waals surface area contributed by atoms with Gasteiger partial charge in [-0.25, -0.2) is 4.39 Å². The third-order valence-corrected chi connectivity index (χ3v) is 3.90. The Labute approximate surface area is 176 Å². The Morgan fingerprint density at radius 1 is 1.00 bits per heavy atom. The van der Waals surface area contributed by atoms with Crippen molar-refractivity contribution in [3.05, 3.63) is 71.0 Å². The van der Waals surface area contributed by atoms with E-state index in [4.69, 9.17) is 0 Å². The van der Waals surface area contributed by atoms with Crippen LogP contribution in [-0.4, -0.2) is 25.5 Å². The Balaban J connectivity index is 0.00000364. The molecule has 0 radical (unpaired) electrons. The molecule has 0 aliphatic heterocycles. The molecule has 0 saturated carbocycles. The number of halogens is 2. The summed E-state index contributed by atoms with van der Waals surface area (Å²) in [7, 11) is 1.65. The van der Waals surface area contributed by atoms with Gasteiger partial charge in [0.1, 0.15) is 5.82 Å². The van der Waals surface area contributed by atoms with Crippen LogP contribution in [0.4, 0.5) is 4.39 Å². The summed E-state index contributed by atoms with van der Waals surface area (Å²) in [6, 6.07) is 14.9. The monoisotopic (exact) mass is 484 g/mol. The van der Waals surface area contributed by atoms with E-state index in [1.165, 1.54) is 6.07 Å². The summed E-state index contributed by atoms with van der Waals surface area (Å²) in [5.41, 5.74) is 2.52. The highest BCUT2D eigenvalue weighted by Crippen LogP contribution is 2.08. The molecule has 146 valence electrons. The summed E-state index contributed by atoms with van der Waals surface area (Å²) < 4.78 is 13.6. The Kier molecular flexibility index (Phi) is 10.4. The maximum Gasteiger partial charge on any atom is 0.222 e. The number of aliphatic imine (C=N–C) groups is 1. The minimum atomic E-state index is -0.220. The number of hydrogen-bond acceptors (Lipinski definition) is 2. The summed E-state index contributed by atoms with van der Waals surface area (Å²) in [5, 5.41) is 9.06. The van der Waals surface area contributed by atoms with Gasteiger partial charge in [-0.15, -0.1) is 24.0 Å². The number of rotatable bonds is 7. The first-order valence-corrected chi connectivity index (χ1v) is 8.58. The number of carbonyl (C=O) groups excluding carboxylic acids is 1. The van der Waals surface area contributed by atoms with E-state index in [9.17, 15) is 9.18 Å². The molecule has 1 amide bonds. The van der Waals surface area contributed by atoms with Gasteiger partial charge in [-0.05, 0) is 29.7 Å². The minimum Gasteiger partial charge on any atom is -0.356 e. The fraction of sp³-hybridized carbons (Fsp3) is 0.300. The third-order valence-electron chi connectivity index (χ3n) is 3.90. The zero-order valence-corrected chi connectivity index (χ0v) is 17.9. The van der Waals surface area contributed by atoms with Crippen molar-refractivity contribution in [2.45, 2.75) is 26.4 Å². The summed E-state index contributed by atoms with van der Waals surface area (Å²) in [5.74, 6) is 0.321. The second-order valence-corrected chi connectivity index (χ2v) is 5.95. The molecular formula is C20H26FIN4O. The molecule has 2 aromatic carbocycles. The Morgan fingerprint density at radius 3 is 2.37 bits per heavy atom. The van der Waals surface area contributed by atoms with Crippen molar-refractivity contribution in [2.24, 2.45) is 4.99 Å². The Hall–Kier alpha value is -2.16. The Bertz CT molecular complexity index is 753. The fourth-order valence-electron chi connectivity index (χ4n) is 2.33. The van der Waals surface area contributed by atoms with Crippen LogP contribution in [0.3, 0.4) is 0 Å². The number of benzene rings is 2. The van der Waals surface area contributed by atoms with Gasteiger partial charge in [0.25, 0.3) is 0 Å². The molecule has 3 N–H and O–H groups in total. The maximum atomic E-state index is 13.6. The quantitative estimate of drug-likeness (QED) is 0.322. The van der Waals surface area contributed by atoms with Gasteiger partial charge in [-0.3, -0.25) is 9.79 Å². The van der Waals surface area contributed by atoms with Crippen LogP contribution in [-0.2, 0) is 17.9 Å². The van der Waals surface area contributed by atoms with Crippen molar-refractivity contribution in [3.8, 4) is 0 Å². The lowest BCUT2D eigenvalue weighted by atomic mass is 10.1. The summed E-state index contributed by atoms with van der Waals surface area (Å²) in [6.45, 7) is 3.17. The van der Waals surface area contributed by atoms with E-state index in [-0.39, 0.29) is 35.7 Å². The van der Waals surface area contributed by atoms with Crippen molar-refractivity contribution in [3.63, 3.8) is 0 Å². The van der Waals surface area contributed by atoms with Crippen molar-refractivity contribution in [2.75, 3.05) is 13.6 Å². The van der Waals surface area contributed by atoms with E-state index in [0.29, 0.717) is 37.6 Å². The first-order chi connectivity index (χ1) is 12.6. The highest BCUT2D eigenvalue weighted by molar-refractivity contribution is 14.0. The fourth-order valence-corrected chi connectivity index (χ4v) is 2.33. The van der Waals surface area contributed by atoms with Gasteiger partial charge < -0.3 is 16.0 Å². The molecule has 27 heavy (non-hydrogen) atoms. The highest BCUT2D eigenvalue weighted by Gasteiger charge is 2.04. The predicted molar refractivity (Wildman–Crippen MR) is 118 cm³/mol. The molecule has 0 atom stereocenters. The highest BCUT2D eigenvalue weighted by atomic mass is 127. The third kappa shape index (κ3) is 8.38. The van der Waals surface area contributed by atoms with Gasteiger partial charge in [0.05, 0.1) is 0 Å². The van der Waals surface area contributed by atoms with Gasteiger partial charge in [0.15, 0.2) is 5.96 Å². The zero-order valence-electron chi connectivity index (χ0n) is 15.6. The molecule has 7 heteroatoms. The molecule has 0 aliphatic rings. The molecule has 2 aromatic rings. The smallest absolute Gasteiger partial charge is 0.222 e. The van der Waals surface area contributed by atoms with E-state index in [0.717, 1.165) is 11.1 Å². The van der Waals surface area contributed by atoms with Crippen LogP contribution in [0, 0.1) is 12.7 Å². The standard InChI is InChI=1S/C20H25FN4O.HI/c1-15-8-9-17(12-18(15)21)14-25-20(22-2)23-11-10-19(26)24-13-16-6-4-3-5-7-16;/h3-9,12H,10-11,13-14H2,1-2H3,(H,24,26)(H2,22,23,25);1H. The van der Waals surface area contributed by atoms with E-state index >= 15 is 0 Å². The SMILES string of the molecule is CN=C(NCCC(=O)NCc1ccccc1)NCc1ccc(C)c(F)c1.I. The van der Waals surface area contributed by atoms with Crippen LogP contribution in [0.15, 0.2) is 53.5 Å². The lowest BCUT2D eigenvalue weighted by Crippen LogP contribution is -2.38.